The van der Waals surface area contributed by atoms with E-state index in [1.165, 1.54) is 385 Å². The molecule has 1 amide bonds. The van der Waals surface area contributed by atoms with E-state index in [9.17, 15) is 45.6 Å². The van der Waals surface area contributed by atoms with Gasteiger partial charge >= 0.3 is 0 Å². The highest BCUT2D eigenvalue weighted by atomic mass is 16.7. The van der Waals surface area contributed by atoms with Gasteiger partial charge in [0.2, 0.25) is 5.91 Å². The summed E-state index contributed by atoms with van der Waals surface area (Å²) < 4.78 is 23.0. The Hall–Kier alpha value is -1.01. The molecule has 12 unspecified atom stereocenters. The molecule has 0 aliphatic carbocycles. The van der Waals surface area contributed by atoms with Crippen LogP contribution in [0.4, 0.5) is 0 Å². The maximum absolute atomic E-state index is 13.4. The molecule has 2 rings (SSSR count). The topological polar surface area (TPSA) is 228 Å². The van der Waals surface area contributed by atoms with Gasteiger partial charge in [-0.05, 0) is 12.8 Å². The van der Waals surface area contributed by atoms with Crippen LogP contribution in [0, 0.1) is 0 Å². The van der Waals surface area contributed by atoms with Crippen LogP contribution in [0.25, 0.3) is 0 Å². The fourth-order valence-electron chi connectivity index (χ4n) is 15.7. The van der Waals surface area contributed by atoms with E-state index in [1.54, 1.807) is 0 Å². The number of aliphatic hydroxyl groups is 8. The Morgan fingerprint density at radius 2 is 0.559 bits per heavy atom. The summed E-state index contributed by atoms with van der Waals surface area (Å²) in [6, 6.07) is -0.826. The molecule has 9 N–H and O–H groups in total. The summed E-state index contributed by atoms with van der Waals surface area (Å²) in [7, 11) is 0. The van der Waals surface area contributed by atoms with Crippen molar-refractivity contribution in [3.05, 3.63) is 0 Å². The first-order valence-electron chi connectivity index (χ1n) is 45.3. The average molecular weight is 1450 g/mol. The molecule has 2 heterocycles. The van der Waals surface area contributed by atoms with Crippen LogP contribution >= 0.6 is 0 Å². The predicted molar refractivity (Wildman–Crippen MR) is 425 cm³/mol. The smallest absolute Gasteiger partial charge is 0.220 e. The fourth-order valence-corrected chi connectivity index (χ4v) is 15.7. The second kappa shape index (κ2) is 72.8. The number of hydrogen-bond donors (Lipinski definition) is 9. The molecular weight excluding hydrogens is 1280 g/mol. The highest BCUT2D eigenvalue weighted by Crippen LogP contribution is 2.31. The number of nitrogens with one attached hydrogen (secondary N) is 1. The largest absolute Gasteiger partial charge is 0.394 e. The lowest BCUT2D eigenvalue weighted by Gasteiger charge is -2.46. The van der Waals surface area contributed by atoms with Crippen LogP contribution in [0.5, 0.6) is 0 Å². The van der Waals surface area contributed by atoms with Crippen molar-refractivity contribution in [2.75, 3.05) is 19.8 Å². The van der Waals surface area contributed by atoms with Crippen molar-refractivity contribution >= 4 is 5.91 Å². The van der Waals surface area contributed by atoms with Crippen molar-refractivity contribution in [1.82, 2.24) is 5.32 Å². The van der Waals surface area contributed by atoms with Crippen LogP contribution in [0.1, 0.15) is 463 Å². The third kappa shape index (κ3) is 54.6. The molecular formula is C88H173NO13. The zero-order valence-corrected chi connectivity index (χ0v) is 67.2. The minimum absolute atomic E-state index is 0.193. The first-order chi connectivity index (χ1) is 50.1. The van der Waals surface area contributed by atoms with Crippen LogP contribution in [-0.2, 0) is 23.7 Å². The van der Waals surface area contributed by atoms with Gasteiger partial charge in [0.1, 0.15) is 48.8 Å². The summed E-state index contributed by atoms with van der Waals surface area (Å²) in [4.78, 5) is 13.4. The van der Waals surface area contributed by atoms with Crippen LogP contribution in [0.15, 0.2) is 0 Å². The first kappa shape index (κ1) is 97.1. The lowest BCUT2D eigenvalue weighted by Crippen LogP contribution is -2.65. The molecule has 102 heavy (non-hydrogen) atoms. The number of carbonyl (C=O) groups is 1. The minimum Gasteiger partial charge on any atom is -0.394 e. The van der Waals surface area contributed by atoms with E-state index in [1.807, 2.05) is 0 Å². The van der Waals surface area contributed by atoms with Gasteiger partial charge in [-0.15, -0.1) is 0 Å². The van der Waals surface area contributed by atoms with Crippen molar-refractivity contribution in [1.29, 1.82) is 0 Å². The molecule has 0 aromatic rings. The predicted octanol–water partition coefficient (Wildman–Crippen LogP) is 21.8. The fraction of sp³-hybridized carbons (Fsp3) is 0.989. The summed E-state index contributed by atoms with van der Waals surface area (Å²) in [5.74, 6) is -0.193. The monoisotopic (exact) mass is 1450 g/mol. The first-order valence-corrected chi connectivity index (χ1v) is 45.3. The van der Waals surface area contributed by atoms with Gasteiger partial charge in [0, 0.05) is 6.42 Å². The van der Waals surface area contributed by atoms with Crippen LogP contribution in [0.2, 0.25) is 0 Å². The molecule has 14 heteroatoms. The average Bonchev–Trinajstić information content (AvgIpc) is 0.790. The van der Waals surface area contributed by atoms with E-state index in [4.69, 9.17) is 18.9 Å². The van der Waals surface area contributed by atoms with Gasteiger partial charge in [0.05, 0.1) is 32.0 Å². The molecule has 12 atom stereocenters. The Balaban J connectivity index is 1.54. The zero-order chi connectivity index (χ0) is 73.7. The normalized spacial score (nSPS) is 21.5. The van der Waals surface area contributed by atoms with Crippen molar-refractivity contribution in [2.45, 2.75) is 537 Å². The lowest BCUT2D eigenvalue weighted by molar-refractivity contribution is -0.359. The van der Waals surface area contributed by atoms with Gasteiger partial charge in [0.15, 0.2) is 12.6 Å². The molecule has 14 nitrogen and oxygen atoms in total. The standard InChI is InChI=1S/C88H173NO13/c1-3-5-7-9-11-13-15-17-19-21-23-25-27-29-31-33-35-36-37-38-39-40-41-42-44-46-48-50-52-54-56-58-60-62-64-66-68-70-72-80(93)89-76(75-99-87-85(98)83(96)86(79(74-91)101-87)102-88-84(97)82(95)81(94)78(73-90)100-88)77(92)71-69-67-65-63-61-59-57-55-53-51-49-47-45-43-34-32-30-28-26-24-22-20-18-16-14-12-10-8-6-4-2/h76-79,81-88,90-92,94-98H,3-75H2,1-2H3,(H,89,93). The number of amides is 1. The molecule has 2 fully saturated rings. The second-order valence-electron chi connectivity index (χ2n) is 32.5. The van der Waals surface area contributed by atoms with Crippen molar-refractivity contribution in [2.24, 2.45) is 0 Å². The van der Waals surface area contributed by atoms with Crippen molar-refractivity contribution in [3.63, 3.8) is 0 Å². The van der Waals surface area contributed by atoms with Crippen molar-refractivity contribution < 1.29 is 64.6 Å². The van der Waals surface area contributed by atoms with Crippen LogP contribution in [-0.4, -0.2) is 140 Å². The van der Waals surface area contributed by atoms with Gasteiger partial charge in [-0.25, -0.2) is 0 Å². The number of unbranched alkanes of at least 4 members (excludes halogenated alkanes) is 66. The highest BCUT2D eigenvalue weighted by molar-refractivity contribution is 5.76. The Morgan fingerprint density at radius 3 is 0.833 bits per heavy atom. The quantitative estimate of drug-likeness (QED) is 0.0259. The summed E-state index contributed by atoms with van der Waals surface area (Å²) in [6.45, 7) is 2.96. The molecule has 0 aromatic heterocycles. The molecule has 2 aliphatic rings. The van der Waals surface area contributed by atoms with E-state index in [2.05, 4.69) is 19.2 Å². The molecule has 0 saturated carbocycles. The van der Waals surface area contributed by atoms with Crippen molar-refractivity contribution in [3.8, 4) is 0 Å². The summed E-state index contributed by atoms with van der Waals surface area (Å²) in [5.41, 5.74) is 0. The molecule has 0 spiro atoms. The summed E-state index contributed by atoms with van der Waals surface area (Å²) >= 11 is 0. The van der Waals surface area contributed by atoms with Gasteiger partial charge in [-0.1, -0.05) is 444 Å². The maximum Gasteiger partial charge on any atom is 0.220 e. The highest BCUT2D eigenvalue weighted by Gasteiger charge is 2.51. The van der Waals surface area contributed by atoms with Gasteiger partial charge < -0.3 is 65.1 Å². The number of ether oxygens (including phenoxy) is 4. The van der Waals surface area contributed by atoms with E-state index < -0.39 is 86.8 Å². The van der Waals surface area contributed by atoms with Gasteiger partial charge in [0.25, 0.3) is 0 Å². The molecule has 608 valence electrons. The Bertz CT molecular complexity index is 1710. The zero-order valence-electron chi connectivity index (χ0n) is 67.2. The second-order valence-corrected chi connectivity index (χ2v) is 32.5. The SMILES string of the molecule is CCCCCCCCCCCCCCCCCCCCCCCCCCCCCCCCCCCCCCCCC(=O)NC(COC1OC(CO)C(OC2OC(CO)C(O)C(O)C2O)C(O)C1O)C(O)CCCCCCCCCCCCCCCCCCCCCCCCCCCCCCCC. The van der Waals surface area contributed by atoms with E-state index in [-0.39, 0.29) is 12.5 Å². The molecule has 2 saturated heterocycles. The van der Waals surface area contributed by atoms with E-state index in [0.29, 0.717) is 12.8 Å². The number of rotatable bonds is 79. The van der Waals surface area contributed by atoms with E-state index in [0.717, 1.165) is 51.4 Å². The Kier molecular flexibility index (Phi) is 69.3. The Labute approximate surface area is 629 Å². The van der Waals surface area contributed by atoms with E-state index >= 15 is 0 Å². The number of carbonyl (C=O) groups excluding carboxylic acids is 1. The number of hydrogen-bond acceptors (Lipinski definition) is 13. The van der Waals surface area contributed by atoms with Gasteiger partial charge in [-0.2, -0.15) is 0 Å². The molecule has 2 aliphatic heterocycles. The minimum atomic E-state index is -1.78. The molecule has 0 bridgehead atoms. The maximum atomic E-state index is 13.4. The number of aliphatic hydroxyl groups excluding tert-OH is 8. The van der Waals surface area contributed by atoms with Gasteiger partial charge in [-0.3, -0.25) is 4.79 Å². The molecule has 0 radical (unpaired) electrons. The third-order valence-electron chi connectivity index (χ3n) is 22.8. The summed E-state index contributed by atoms with van der Waals surface area (Å²) in [6.07, 6.45) is 76.2. The summed E-state index contributed by atoms with van der Waals surface area (Å²) in [5, 5.41) is 88.0. The molecule has 0 aromatic carbocycles. The Morgan fingerprint density at radius 1 is 0.314 bits per heavy atom. The lowest BCUT2D eigenvalue weighted by atomic mass is 9.97. The third-order valence-corrected chi connectivity index (χ3v) is 22.8. The van der Waals surface area contributed by atoms with Crippen LogP contribution in [0.3, 0.4) is 0 Å². The van der Waals surface area contributed by atoms with Crippen LogP contribution < -0.4 is 5.32 Å².